The second-order valence-electron chi connectivity index (χ2n) is 4.41. The molecule has 2 nitrogen and oxygen atoms in total. The molecule has 0 fully saturated rings. The summed E-state index contributed by atoms with van der Waals surface area (Å²) in [5, 5.41) is 6.83. The molecule has 2 aromatic heterocycles. The highest BCUT2D eigenvalue weighted by molar-refractivity contribution is 9.10. The van der Waals surface area contributed by atoms with E-state index in [0.29, 0.717) is 0 Å². The third-order valence-electron chi connectivity index (χ3n) is 3.03. The highest BCUT2D eigenvalue weighted by Crippen LogP contribution is 2.30. The average Bonchev–Trinajstić information content (AvgIpc) is 2.86. The molecule has 0 aliphatic heterocycles. The van der Waals surface area contributed by atoms with Gasteiger partial charge in [0.2, 0.25) is 0 Å². The molecule has 0 radical (unpaired) electrons. The number of thiophene rings is 1. The third-order valence-corrected chi connectivity index (χ3v) is 4.91. The molecule has 3 aromatic rings. The summed E-state index contributed by atoms with van der Waals surface area (Å²) in [5.74, 6) is 0. The maximum absolute atomic E-state index is 4.38. The van der Waals surface area contributed by atoms with Gasteiger partial charge in [-0.05, 0) is 53.2 Å². The first-order chi connectivity index (χ1) is 9.24. The number of hydrogen-bond donors (Lipinski definition) is 1. The van der Waals surface area contributed by atoms with Crippen molar-refractivity contribution in [3.8, 4) is 0 Å². The molecule has 0 aliphatic rings. The van der Waals surface area contributed by atoms with Crippen molar-refractivity contribution in [1.82, 2.24) is 4.98 Å². The molecule has 19 heavy (non-hydrogen) atoms. The number of nitrogens with zero attached hydrogens (tertiary/aromatic N) is 1. The van der Waals surface area contributed by atoms with Crippen LogP contribution in [-0.2, 0) is 0 Å². The molecular formula is C15H13BrN2S. The summed E-state index contributed by atoms with van der Waals surface area (Å²) in [6.45, 7) is 2.17. The van der Waals surface area contributed by atoms with E-state index in [1.807, 2.05) is 24.4 Å². The van der Waals surface area contributed by atoms with E-state index in [9.17, 15) is 0 Å². The van der Waals surface area contributed by atoms with E-state index in [1.165, 1.54) is 4.88 Å². The van der Waals surface area contributed by atoms with Crippen molar-refractivity contribution in [2.24, 2.45) is 0 Å². The molecule has 1 atom stereocenters. The monoisotopic (exact) mass is 332 g/mol. The number of hydrogen-bond acceptors (Lipinski definition) is 3. The fourth-order valence-electron chi connectivity index (χ4n) is 2.09. The van der Waals surface area contributed by atoms with Gasteiger partial charge in [0, 0.05) is 32.0 Å². The van der Waals surface area contributed by atoms with Crippen LogP contribution in [0.2, 0.25) is 0 Å². The van der Waals surface area contributed by atoms with Gasteiger partial charge in [0.05, 0.1) is 11.6 Å². The normalized spacial score (nSPS) is 12.5. The van der Waals surface area contributed by atoms with Gasteiger partial charge >= 0.3 is 0 Å². The maximum Gasteiger partial charge on any atom is 0.0722 e. The largest absolute Gasteiger partial charge is 0.377 e. The van der Waals surface area contributed by atoms with Gasteiger partial charge in [-0.1, -0.05) is 6.07 Å². The Hall–Kier alpha value is -1.39. The Labute approximate surface area is 124 Å². The third kappa shape index (κ3) is 2.65. The van der Waals surface area contributed by atoms with Crippen molar-refractivity contribution in [2.45, 2.75) is 13.0 Å². The Balaban J connectivity index is 1.93. The van der Waals surface area contributed by atoms with Crippen molar-refractivity contribution >= 4 is 43.9 Å². The lowest BCUT2D eigenvalue weighted by Crippen LogP contribution is -2.05. The van der Waals surface area contributed by atoms with Crippen LogP contribution in [-0.4, -0.2) is 4.98 Å². The van der Waals surface area contributed by atoms with Gasteiger partial charge in [-0.3, -0.25) is 4.98 Å². The minimum Gasteiger partial charge on any atom is -0.377 e. The van der Waals surface area contributed by atoms with Crippen molar-refractivity contribution in [3.05, 3.63) is 57.3 Å². The van der Waals surface area contributed by atoms with Gasteiger partial charge in [-0.2, -0.15) is 0 Å². The van der Waals surface area contributed by atoms with E-state index >= 15 is 0 Å². The predicted octanol–water partition coefficient (Wildman–Crippen LogP) is 5.23. The van der Waals surface area contributed by atoms with Crippen molar-refractivity contribution < 1.29 is 0 Å². The molecule has 0 spiro atoms. The summed E-state index contributed by atoms with van der Waals surface area (Å²) in [6, 6.07) is 12.7. The molecule has 1 unspecified atom stereocenters. The average molecular weight is 333 g/mol. The molecule has 0 amide bonds. The Morgan fingerprint density at radius 3 is 2.95 bits per heavy atom. The topological polar surface area (TPSA) is 24.9 Å². The zero-order valence-electron chi connectivity index (χ0n) is 10.4. The van der Waals surface area contributed by atoms with Crippen LogP contribution in [0.15, 0.2) is 52.4 Å². The standard InChI is InChI=1S/C15H13BrN2S/c1-10(15-8-11(16)9-19-15)18-14-6-2-5-13-12(14)4-3-7-17-13/h2-10,18H,1H3. The van der Waals surface area contributed by atoms with Crippen LogP contribution in [0.5, 0.6) is 0 Å². The molecule has 4 heteroatoms. The summed E-state index contributed by atoms with van der Waals surface area (Å²) in [5.41, 5.74) is 2.15. The maximum atomic E-state index is 4.38. The summed E-state index contributed by atoms with van der Waals surface area (Å²) < 4.78 is 1.14. The summed E-state index contributed by atoms with van der Waals surface area (Å²) in [7, 11) is 0. The van der Waals surface area contributed by atoms with E-state index in [2.05, 4.69) is 56.7 Å². The number of rotatable bonds is 3. The zero-order valence-corrected chi connectivity index (χ0v) is 12.8. The van der Waals surface area contributed by atoms with E-state index < -0.39 is 0 Å². The zero-order chi connectivity index (χ0) is 13.2. The van der Waals surface area contributed by atoms with Gasteiger partial charge in [0.15, 0.2) is 0 Å². The molecule has 2 heterocycles. The molecule has 1 N–H and O–H groups in total. The number of benzene rings is 1. The van der Waals surface area contributed by atoms with Gasteiger partial charge in [0.25, 0.3) is 0 Å². The smallest absolute Gasteiger partial charge is 0.0722 e. The SMILES string of the molecule is CC(Nc1cccc2ncccc12)c1cc(Br)cs1. The molecule has 0 aliphatic carbocycles. The van der Waals surface area contributed by atoms with Crippen LogP contribution in [0.1, 0.15) is 17.8 Å². The molecule has 0 saturated carbocycles. The van der Waals surface area contributed by atoms with Crippen LogP contribution in [0.4, 0.5) is 5.69 Å². The number of anilines is 1. The second kappa shape index (κ2) is 5.31. The first-order valence-electron chi connectivity index (χ1n) is 6.08. The minimum absolute atomic E-state index is 0.280. The van der Waals surface area contributed by atoms with Crippen LogP contribution in [0, 0.1) is 0 Å². The highest BCUT2D eigenvalue weighted by atomic mass is 79.9. The summed E-state index contributed by atoms with van der Waals surface area (Å²) in [6.07, 6.45) is 1.83. The van der Waals surface area contributed by atoms with Crippen molar-refractivity contribution in [3.63, 3.8) is 0 Å². The van der Waals surface area contributed by atoms with E-state index in [4.69, 9.17) is 0 Å². The minimum atomic E-state index is 0.280. The number of pyridine rings is 1. The second-order valence-corrected chi connectivity index (χ2v) is 6.27. The van der Waals surface area contributed by atoms with Crippen molar-refractivity contribution in [2.75, 3.05) is 5.32 Å². The van der Waals surface area contributed by atoms with E-state index in [0.717, 1.165) is 21.1 Å². The van der Waals surface area contributed by atoms with Crippen LogP contribution < -0.4 is 5.32 Å². The molecule has 96 valence electrons. The summed E-state index contributed by atoms with van der Waals surface area (Å²) >= 11 is 5.26. The first kappa shape index (κ1) is 12.6. The molecule has 0 saturated heterocycles. The Morgan fingerprint density at radius 2 is 2.16 bits per heavy atom. The van der Waals surface area contributed by atoms with Gasteiger partial charge < -0.3 is 5.32 Å². The predicted molar refractivity (Wildman–Crippen MR) is 85.8 cm³/mol. The van der Waals surface area contributed by atoms with Gasteiger partial charge in [0.1, 0.15) is 0 Å². The lowest BCUT2D eigenvalue weighted by atomic mass is 10.1. The molecule has 3 rings (SSSR count). The fourth-order valence-corrected chi connectivity index (χ4v) is 3.54. The quantitative estimate of drug-likeness (QED) is 0.710. The lowest BCUT2D eigenvalue weighted by molar-refractivity contribution is 0.910. The highest BCUT2D eigenvalue weighted by Gasteiger charge is 2.09. The van der Waals surface area contributed by atoms with E-state index in [1.54, 1.807) is 11.3 Å². The Kier molecular flexibility index (Phi) is 3.53. The van der Waals surface area contributed by atoms with E-state index in [-0.39, 0.29) is 6.04 Å². The van der Waals surface area contributed by atoms with Crippen molar-refractivity contribution in [1.29, 1.82) is 0 Å². The lowest BCUT2D eigenvalue weighted by Gasteiger charge is -2.15. The number of halogens is 1. The van der Waals surface area contributed by atoms with Crippen LogP contribution in [0.25, 0.3) is 10.9 Å². The van der Waals surface area contributed by atoms with Crippen LogP contribution in [0.3, 0.4) is 0 Å². The molecule has 1 aromatic carbocycles. The Morgan fingerprint density at radius 1 is 1.26 bits per heavy atom. The first-order valence-corrected chi connectivity index (χ1v) is 7.75. The Bertz CT molecular complexity index is 703. The number of nitrogens with one attached hydrogen (secondary N) is 1. The number of aromatic nitrogens is 1. The summed E-state index contributed by atoms with van der Waals surface area (Å²) in [4.78, 5) is 5.69. The van der Waals surface area contributed by atoms with Crippen LogP contribution >= 0.6 is 27.3 Å². The molecule has 0 bridgehead atoms. The van der Waals surface area contributed by atoms with Gasteiger partial charge in [-0.25, -0.2) is 0 Å². The van der Waals surface area contributed by atoms with Gasteiger partial charge in [-0.15, -0.1) is 11.3 Å². The number of fused-ring (bicyclic) bond motifs is 1. The fraction of sp³-hybridized carbons (Fsp3) is 0.133. The molecular weight excluding hydrogens is 320 g/mol.